The predicted molar refractivity (Wildman–Crippen MR) is 172 cm³/mol. The molecule has 3 unspecified atom stereocenters. The normalized spacial score (nSPS) is 21.9. The lowest BCUT2D eigenvalue weighted by Crippen LogP contribution is -2.41. The summed E-state index contributed by atoms with van der Waals surface area (Å²) in [5.41, 5.74) is 12.1. The number of hydrogen-bond acceptors (Lipinski definition) is 6. The Kier molecular flexibility index (Phi) is 5.90. The molecule has 0 spiro atoms. The van der Waals surface area contributed by atoms with Gasteiger partial charge in [-0.3, -0.25) is 9.59 Å². The van der Waals surface area contributed by atoms with Gasteiger partial charge in [-0.25, -0.2) is 14.4 Å². The Labute approximate surface area is 264 Å². The van der Waals surface area contributed by atoms with Gasteiger partial charge in [0.25, 0.3) is 5.91 Å². The molecule has 2 aliphatic heterocycles. The van der Waals surface area contributed by atoms with Crippen LogP contribution in [-0.2, 0) is 24.8 Å². The van der Waals surface area contributed by atoms with Gasteiger partial charge in [-0.1, -0.05) is 6.07 Å². The molecule has 11 heteroatoms. The fourth-order valence-corrected chi connectivity index (χ4v) is 7.98. The zero-order valence-electron chi connectivity index (χ0n) is 25.7. The largest absolute Gasteiger partial charge is 0.494 e. The first-order valence-electron chi connectivity index (χ1n) is 16.0. The molecule has 3 atom stereocenters. The molecule has 2 aliphatic carbocycles. The molecular weight excluding hydrogens is 585 g/mol. The standard InChI is InChI=1S/C35H34FN7O3/c1-41-32-24(11-21(13-27(32)46-2)35(45)43-16-20-7-10-25(43)30(20)37)39-34(41)26-12-19-6-9-23(38-33(19)42(26)15-17-3-4-17)29-22(36)8-5-18-14-28(44)40-31(18)29/h5-6,8-9,11-13,17,20,25,30H,3-4,7,10,14-16,37H2,1-2H3,(H,40,44). The number of methoxy groups -OCH3 is 1. The number of imidazole rings is 1. The first-order valence-corrected chi connectivity index (χ1v) is 16.0. The van der Waals surface area contributed by atoms with Crippen molar-refractivity contribution >= 4 is 39.6 Å². The summed E-state index contributed by atoms with van der Waals surface area (Å²) >= 11 is 0. The molecule has 4 aliphatic rings. The van der Waals surface area contributed by atoms with E-state index >= 15 is 4.39 Å². The lowest BCUT2D eigenvalue weighted by molar-refractivity contribution is -0.115. The van der Waals surface area contributed by atoms with Crippen molar-refractivity contribution in [3.05, 3.63) is 59.4 Å². The van der Waals surface area contributed by atoms with E-state index < -0.39 is 5.82 Å². The highest BCUT2D eigenvalue weighted by atomic mass is 19.1. The van der Waals surface area contributed by atoms with Crippen LogP contribution in [0, 0.1) is 17.7 Å². The van der Waals surface area contributed by atoms with Gasteiger partial charge in [0.05, 0.1) is 41.7 Å². The number of carbonyl (C=O) groups excluding carboxylic acids is 2. The number of anilines is 1. The summed E-state index contributed by atoms with van der Waals surface area (Å²) in [6.07, 6.45) is 4.51. The minimum Gasteiger partial charge on any atom is -0.494 e. The molecule has 3 N–H and O–H groups in total. The number of hydrogen-bond donors (Lipinski definition) is 2. The number of amides is 2. The Morgan fingerprint density at radius 3 is 2.70 bits per heavy atom. The number of fused-ring (bicyclic) bond motifs is 5. The Hall–Kier alpha value is -4.77. The van der Waals surface area contributed by atoms with Crippen LogP contribution < -0.4 is 15.8 Å². The van der Waals surface area contributed by atoms with Crippen molar-refractivity contribution in [2.45, 2.75) is 50.7 Å². The summed E-state index contributed by atoms with van der Waals surface area (Å²) in [4.78, 5) is 37.9. The van der Waals surface area contributed by atoms with E-state index in [0.717, 1.165) is 65.9 Å². The van der Waals surface area contributed by atoms with Gasteiger partial charge < -0.3 is 29.8 Å². The first-order chi connectivity index (χ1) is 22.3. The molecule has 0 radical (unpaired) electrons. The minimum absolute atomic E-state index is 0.0366. The lowest BCUT2D eigenvalue weighted by atomic mass is 10.0. The van der Waals surface area contributed by atoms with Gasteiger partial charge in [0.1, 0.15) is 22.7 Å². The molecule has 1 saturated heterocycles. The molecule has 234 valence electrons. The van der Waals surface area contributed by atoms with Crippen LogP contribution >= 0.6 is 0 Å². The molecule has 10 nitrogen and oxygen atoms in total. The summed E-state index contributed by atoms with van der Waals surface area (Å²) < 4.78 is 25.3. The second kappa shape index (κ2) is 9.86. The zero-order valence-corrected chi connectivity index (χ0v) is 25.7. The third-order valence-electron chi connectivity index (χ3n) is 10.5. The average Bonchev–Trinajstić information content (AvgIpc) is 3.26. The second-order valence-corrected chi connectivity index (χ2v) is 13.4. The highest BCUT2D eigenvalue weighted by Crippen LogP contribution is 2.41. The number of piperidine rings is 1. The van der Waals surface area contributed by atoms with Crippen molar-refractivity contribution in [1.29, 1.82) is 0 Å². The van der Waals surface area contributed by atoms with Crippen molar-refractivity contribution in [1.82, 2.24) is 24.0 Å². The summed E-state index contributed by atoms with van der Waals surface area (Å²) in [5, 5.41) is 3.74. The van der Waals surface area contributed by atoms with Crippen LogP contribution in [0.25, 0.3) is 44.8 Å². The van der Waals surface area contributed by atoms with E-state index in [0.29, 0.717) is 52.2 Å². The number of halogens is 1. The van der Waals surface area contributed by atoms with Gasteiger partial charge in [-0.2, -0.15) is 0 Å². The van der Waals surface area contributed by atoms with E-state index in [2.05, 4.69) is 16.0 Å². The maximum Gasteiger partial charge on any atom is 0.254 e. The van der Waals surface area contributed by atoms with Gasteiger partial charge in [-0.05, 0) is 79.5 Å². The van der Waals surface area contributed by atoms with E-state index in [1.807, 2.05) is 40.8 Å². The molecule has 3 fully saturated rings. The van der Waals surface area contributed by atoms with Crippen LogP contribution in [-0.4, -0.2) is 61.6 Å². The highest BCUT2D eigenvalue weighted by Gasteiger charge is 2.47. The SMILES string of the molecule is COc1cc(C(=O)N2CC3CCC2C3N)cc2nc(-c3cc4ccc(-c5c(F)ccc6c5NC(=O)C6)nc4n3CC3CC3)n(C)c12. The summed E-state index contributed by atoms with van der Waals surface area (Å²) in [6.45, 7) is 1.44. The van der Waals surface area contributed by atoms with Crippen molar-refractivity contribution in [3.8, 4) is 28.5 Å². The molecule has 2 aromatic carbocycles. The van der Waals surface area contributed by atoms with Crippen molar-refractivity contribution in [2.24, 2.45) is 24.6 Å². The number of ether oxygens (including phenoxy) is 1. The topological polar surface area (TPSA) is 120 Å². The van der Waals surface area contributed by atoms with E-state index in [4.69, 9.17) is 20.4 Å². The third-order valence-corrected chi connectivity index (χ3v) is 10.5. The minimum atomic E-state index is -0.426. The number of pyridine rings is 1. The first kappa shape index (κ1) is 27.5. The van der Waals surface area contributed by atoms with Crippen molar-refractivity contribution < 1.29 is 18.7 Å². The number of benzene rings is 2. The van der Waals surface area contributed by atoms with E-state index in [-0.39, 0.29) is 30.3 Å². The maximum atomic E-state index is 15.3. The van der Waals surface area contributed by atoms with Gasteiger partial charge >= 0.3 is 0 Å². The highest BCUT2D eigenvalue weighted by molar-refractivity contribution is 6.04. The van der Waals surface area contributed by atoms with Crippen LogP contribution in [0.2, 0.25) is 0 Å². The molecule has 2 bridgehead atoms. The fraction of sp³-hybridized carbons (Fsp3) is 0.371. The van der Waals surface area contributed by atoms with Crippen molar-refractivity contribution in [2.75, 3.05) is 19.0 Å². The molecule has 2 saturated carbocycles. The number of carbonyl (C=O) groups is 2. The van der Waals surface area contributed by atoms with Crippen molar-refractivity contribution in [3.63, 3.8) is 0 Å². The summed E-state index contributed by atoms with van der Waals surface area (Å²) in [5.74, 6) is 1.57. The zero-order chi connectivity index (χ0) is 31.4. The third kappa shape index (κ3) is 4.03. The van der Waals surface area contributed by atoms with Crippen LogP contribution in [0.3, 0.4) is 0 Å². The second-order valence-electron chi connectivity index (χ2n) is 13.4. The quantitative estimate of drug-likeness (QED) is 0.280. The van der Waals surface area contributed by atoms with Gasteiger partial charge in [0.2, 0.25) is 5.91 Å². The number of aromatic nitrogens is 4. The predicted octanol–water partition coefficient (Wildman–Crippen LogP) is 4.87. The molecule has 46 heavy (non-hydrogen) atoms. The van der Waals surface area contributed by atoms with Gasteiger partial charge in [-0.15, -0.1) is 0 Å². The Morgan fingerprint density at radius 2 is 1.96 bits per heavy atom. The Balaban J connectivity index is 1.17. The Bertz CT molecular complexity index is 2130. The number of nitrogens with zero attached hydrogens (tertiary/aromatic N) is 5. The number of nitrogens with two attached hydrogens (primary N) is 1. The number of nitrogens with one attached hydrogen (secondary N) is 1. The summed E-state index contributed by atoms with van der Waals surface area (Å²) in [6, 6.07) is 12.7. The number of aryl methyl sites for hydroxylation is 1. The van der Waals surface area contributed by atoms with Crippen LogP contribution in [0.4, 0.5) is 10.1 Å². The number of likely N-dealkylation sites (tertiary alicyclic amines) is 1. The van der Waals surface area contributed by atoms with E-state index in [9.17, 15) is 9.59 Å². The van der Waals surface area contributed by atoms with Gasteiger partial charge in [0.15, 0.2) is 5.82 Å². The Morgan fingerprint density at radius 1 is 1.11 bits per heavy atom. The lowest BCUT2D eigenvalue weighted by Gasteiger charge is -2.27. The van der Waals surface area contributed by atoms with E-state index in [1.165, 1.54) is 6.07 Å². The molecule has 2 amide bonds. The van der Waals surface area contributed by atoms with Gasteiger partial charge in [0, 0.05) is 43.2 Å². The maximum absolute atomic E-state index is 15.3. The molecule has 3 aromatic heterocycles. The van der Waals surface area contributed by atoms with Crippen LogP contribution in [0.15, 0.2) is 42.5 Å². The fourth-order valence-electron chi connectivity index (χ4n) is 7.98. The summed E-state index contributed by atoms with van der Waals surface area (Å²) in [7, 11) is 3.57. The molecule has 5 heterocycles. The van der Waals surface area contributed by atoms with Crippen LogP contribution in [0.5, 0.6) is 5.75 Å². The average molecular weight is 620 g/mol. The monoisotopic (exact) mass is 619 g/mol. The molecule has 5 aromatic rings. The molecular formula is C35H34FN7O3. The molecule has 9 rings (SSSR count). The number of rotatable bonds is 6. The van der Waals surface area contributed by atoms with Crippen LogP contribution in [0.1, 0.15) is 41.6 Å². The smallest absolute Gasteiger partial charge is 0.254 e. The van der Waals surface area contributed by atoms with E-state index in [1.54, 1.807) is 13.2 Å².